The summed E-state index contributed by atoms with van der Waals surface area (Å²) in [6, 6.07) is 6.37. The van der Waals surface area contributed by atoms with Crippen molar-refractivity contribution in [2.45, 2.75) is 31.8 Å². The zero-order valence-corrected chi connectivity index (χ0v) is 8.59. The summed E-state index contributed by atoms with van der Waals surface area (Å²) in [5.74, 6) is 0. The number of hydrogen-bond donors (Lipinski definition) is 2. The Morgan fingerprint density at radius 2 is 2.29 bits per heavy atom. The van der Waals surface area contributed by atoms with Crippen LogP contribution in [0.3, 0.4) is 0 Å². The van der Waals surface area contributed by atoms with Crippen LogP contribution < -0.4 is 5.73 Å². The van der Waals surface area contributed by atoms with E-state index in [9.17, 15) is 5.11 Å². The van der Waals surface area contributed by atoms with Gasteiger partial charge in [-0.05, 0) is 36.0 Å². The highest BCUT2D eigenvalue weighted by molar-refractivity contribution is 5.40. The van der Waals surface area contributed by atoms with E-state index in [4.69, 9.17) is 5.73 Å². The number of rotatable bonds is 2. The number of aliphatic hydroxyl groups is 1. The number of fused-ring (bicyclic) bond motifs is 1. The lowest BCUT2D eigenvalue weighted by Gasteiger charge is -2.22. The van der Waals surface area contributed by atoms with Crippen molar-refractivity contribution in [1.82, 2.24) is 0 Å². The van der Waals surface area contributed by atoms with Gasteiger partial charge in [-0.3, -0.25) is 0 Å². The monoisotopic (exact) mass is 191 g/mol. The summed E-state index contributed by atoms with van der Waals surface area (Å²) < 4.78 is 0. The quantitative estimate of drug-likeness (QED) is 0.741. The van der Waals surface area contributed by atoms with E-state index in [1.165, 1.54) is 11.1 Å². The first-order valence-electron chi connectivity index (χ1n) is 5.24. The van der Waals surface area contributed by atoms with E-state index in [1.54, 1.807) is 0 Å². The summed E-state index contributed by atoms with van der Waals surface area (Å²) in [6.07, 6.45) is 2.73. The molecule has 1 unspecified atom stereocenters. The zero-order valence-electron chi connectivity index (χ0n) is 8.59. The molecule has 0 saturated heterocycles. The molecule has 2 heteroatoms. The Morgan fingerprint density at radius 1 is 1.50 bits per heavy atom. The third-order valence-electron chi connectivity index (χ3n) is 3.23. The largest absolute Gasteiger partial charge is 0.384 e. The maximum Gasteiger partial charge on any atom is 0.102 e. The van der Waals surface area contributed by atoms with E-state index in [0.717, 1.165) is 24.8 Å². The Balaban J connectivity index is 2.47. The highest BCUT2D eigenvalue weighted by Crippen LogP contribution is 2.36. The minimum atomic E-state index is -0.763. The molecule has 0 amide bonds. The second kappa shape index (κ2) is 3.37. The molecule has 0 heterocycles. The van der Waals surface area contributed by atoms with Crippen molar-refractivity contribution in [2.24, 2.45) is 5.73 Å². The van der Waals surface area contributed by atoms with Crippen LogP contribution in [0.25, 0.3) is 0 Å². The van der Waals surface area contributed by atoms with Crippen LogP contribution in [0.15, 0.2) is 18.2 Å². The first-order chi connectivity index (χ1) is 6.69. The SMILES string of the molecule is CCc1ccc2c(c1)C(O)(CN)CC2. The molecule has 0 aliphatic heterocycles. The molecule has 1 aliphatic carbocycles. The normalized spacial score (nSPS) is 25.1. The van der Waals surface area contributed by atoms with Crippen molar-refractivity contribution in [3.63, 3.8) is 0 Å². The van der Waals surface area contributed by atoms with E-state index in [1.807, 2.05) is 0 Å². The van der Waals surface area contributed by atoms with E-state index in [2.05, 4.69) is 25.1 Å². The van der Waals surface area contributed by atoms with E-state index >= 15 is 0 Å². The predicted molar refractivity (Wildman–Crippen MR) is 57.1 cm³/mol. The lowest BCUT2D eigenvalue weighted by atomic mass is 9.94. The molecule has 14 heavy (non-hydrogen) atoms. The van der Waals surface area contributed by atoms with Crippen molar-refractivity contribution >= 4 is 0 Å². The minimum Gasteiger partial charge on any atom is -0.384 e. The van der Waals surface area contributed by atoms with E-state index < -0.39 is 5.60 Å². The highest BCUT2D eigenvalue weighted by atomic mass is 16.3. The third kappa shape index (κ3) is 1.35. The lowest BCUT2D eigenvalue weighted by molar-refractivity contribution is 0.0480. The van der Waals surface area contributed by atoms with Crippen LogP contribution in [0.2, 0.25) is 0 Å². The third-order valence-corrected chi connectivity index (χ3v) is 3.23. The lowest BCUT2D eigenvalue weighted by Crippen LogP contribution is -2.32. The molecular weight excluding hydrogens is 174 g/mol. The average molecular weight is 191 g/mol. The smallest absolute Gasteiger partial charge is 0.102 e. The van der Waals surface area contributed by atoms with Gasteiger partial charge in [0.1, 0.15) is 5.60 Å². The van der Waals surface area contributed by atoms with Gasteiger partial charge in [0.2, 0.25) is 0 Å². The first kappa shape index (κ1) is 9.69. The van der Waals surface area contributed by atoms with Crippen molar-refractivity contribution in [1.29, 1.82) is 0 Å². The standard InChI is InChI=1S/C12H17NO/c1-2-9-3-4-10-5-6-12(14,8-13)11(10)7-9/h3-4,7,14H,2,5-6,8,13H2,1H3. The van der Waals surface area contributed by atoms with Crippen LogP contribution in [0, 0.1) is 0 Å². The molecule has 2 nitrogen and oxygen atoms in total. The predicted octanol–water partition coefficient (Wildman–Crippen LogP) is 1.34. The van der Waals surface area contributed by atoms with Gasteiger partial charge in [-0.1, -0.05) is 25.1 Å². The summed E-state index contributed by atoms with van der Waals surface area (Å²) in [7, 11) is 0. The molecule has 3 N–H and O–H groups in total. The summed E-state index contributed by atoms with van der Waals surface area (Å²) >= 11 is 0. The van der Waals surface area contributed by atoms with Gasteiger partial charge in [-0.2, -0.15) is 0 Å². The van der Waals surface area contributed by atoms with Crippen LogP contribution >= 0.6 is 0 Å². The molecule has 0 fully saturated rings. The molecule has 76 valence electrons. The van der Waals surface area contributed by atoms with Gasteiger partial charge in [-0.15, -0.1) is 0 Å². The fourth-order valence-electron chi connectivity index (χ4n) is 2.18. The van der Waals surface area contributed by atoms with Crippen LogP contribution in [0.5, 0.6) is 0 Å². The highest BCUT2D eigenvalue weighted by Gasteiger charge is 2.35. The molecule has 1 aromatic rings. The van der Waals surface area contributed by atoms with Gasteiger partial charge in [0.15, 0.2) is 0 Å². The van der Waals surface area contributed by atoms with Crippen molar-refractivity contribution in [2.75, 3.05) is 6.54 Å². The second-order valence-electron chi connectivity index (χ2n) is 4.08. The van der Waals surface area contributed by atoms with Gasteiger partial charge in [0.05, 0.1) is 0 Å². The van der Waals surface area contributed by atoms with E-state index in [0.29, 0.717) is 6.54 Å². The van der Waals surface area contributed by atoms with Gasteiger partial charge in [-0.25, -0.2) is 0 Å². The maximum absolute atomic E-state index is 10.2. The molecule has 2 rings (SSSR count). The summed E-state index contributed by atoms with van der Waals surface area (Å²) in [5.41, 5.74) is 8.45. The Kier molecular flexibility index (Phi) is 2.33. The Bertz CT molecular complexity index is 348. The Labute approximate surface area is 84.7 Å². The molecule has 0 bridgehead atoms. The fraction of sp³-hybridized carbons (Fsp3) is 0.500. The summed E-state index contributed by atoms with van der Waals surface area (Å²) in [6.45, 7) is 2.45. The zero-order chi connectivity index (χ0) is 10.2. The molecule has 0 aromatic heterocycles. The topological polar surface area (TPSA) is 46.2 Å². The summed E-state index contributed by atoms with van der Waals surface area (Å²) in [4.78, 5) is 0. The number of aryl methyl sites for hydroxylation is 2. The van der Waals surface area contributed by atoms with Gasteiger partial charge in [0, 0.05) is 6.54 Å². The molecule has 1 atom stereocenters. The van der Waals surface area contributed by atoms with Crippen LogP contribution in [0.1, 0.15) is 30.0 Å². The van der Waals surface area contributed by atoms with Crippen LogP contribution in [0.4, 0.5) is 0 Å². The fourth-order valence-corrected chi connectivity index (χ4v) is 2.18. The van der Waals surface area contributed by atoms with E-state index in [-0.39, 0.29) is 0 Å². The van der Waals surface area contributed by atoms with Crippen LogP contribution in [-0.4, -0.2) is 11.7 Å². The van der Waals surface area contributed by atoms with Crippen molar-refractivity contribution in [3.8, 4) is 0 Å². The number of nitrogens with two attached hydrogens (primary N) is 1. The van der Waals surface area contributed by atoms with Crippen LogP contribution in [-0.2, 0) is 18.4 Å². The van der Waals surface area contributed by atoms with Gasteiger partial charge >= 0.3 is 0 Å². The molecule has 1 aromatic carbocycles. The average Bonchev–Trinajstić information content (AvgIpc) is 2.57. The molecule has 1 aliphatic rings. The summed E-state index contributed by atoms with van der Waals surface area (Å²) in [5, 5.41) is 10.2. The van der Waals surface area contributed by atoms with Crippen molar-refractivity contribution in [3.05, 3.63) is 34.9 Å². The van der Waals surface area contributed by atoms with Gasteiger partial charge < -0.3 is 10.8 Å². The Hall–Kier alpha value is -0.860. The van der Waals surface area contributed by atoms with Gasteiger partial charge in [0.25, 0.3) is 0 Å². The number of hydrogen-bond acceptors (Lipinski definition) is 2. The second-order valence-corrected chi connectivity index (χ2v) is 4.08. The molecule has 0 radical (unpaired) electrons. The van der Waals surface area contributed by atoms with Crippen molar-refractivity contribution < 1.29 is 5.11 Å². The minimum absolute atomic E-state index is 0.327. The number of benzene rings is 1. The Morgan fingerprint density at radius 3 is 2.93 bits per heavy atom. The molecule has 0 saturated carbocycles. The molecular formula is C12H17NO. The maximum atomic E-state index is 10.2. The first-order valence-corrected chi connectivity index (χ1v) is 5.24. The molecule has 0 spiro atoms.